The van der Waals surface area contributed by atoms with Crippen LogP contribution in [0, 0.1) is 0 Å². The first-order chi connectivity index (χ1) is 11.3. The molecule has 3 aromatic heterocycles. The van der Waals surface area contributed by atoms with Crippen molar-refractivity contribution in [2.45, 2.75) is 5.16 Å². The van der Waals surface area contributed by atoms with Gasteiger partial charge in [-0.15, -0.1) is 0 Å². The predicted molar refractivity (Wildman–Crippen MR) is 91.0 cm³/mol. The largest absolute Gasteiger partial charge is 0.326 e. The summed E-state index contributed by atoms with van der Waals surface area (Å²) in [6.45, 7) is 0. The van der Waals surface area contributed by atoms with Crippen LogP contribution in [0.5, 0.6) is 0 Å². The molecule has 0 unspecified atom stereocenters. The molecule has 10 heteroatoms. The van der Waals surface area contributed by atoms with E-state index in [4.69, 9.17) is 0 Å². The molecule has 0 radical (unpaired) electrons. The molecule has 0 bridgehead atoms. The van der Waals surface area contributed by atoms with Crippen LogP contribution < -0.4 is 10.9 Å². The third-order valence-corrected chi connectivity index (χ3v) is 4.59. The van der Waals surface area contributed by atoms with Crippen LogP contribution in [0.3, 0.4) is 0 Å². The number of pyridine rings is 2. The molecule has 8 nitrogen and oxygen atoms in total. The second-order valence-corrected chi connectivity index (χ2v) is 7.81. The van der Waals surface area contributed by atoms with Gasteiger partial charge in [-0.05, 0) is 34.1 Å². The lowest BCUT2D eigenvalue weighted by molar-refractivity contribution is 0.102. The van der Waals surface area contributed by atoms with Crippen LogP contribution in [-0.2, 0) is 9.84 Å². The SMILES string of the molecule is CS(=O)(=O)c1nc(C(=O)Nc2cc(Br)c[nH]c2=O)c2ccccn12. The highest BCUT2D eigenvalue weighted by molar-refractivity contribution is 9.10. The molecular formula is C14H11BrN4O4S. The number of amides is 1. The van der Waals surface area contributed by atoms with Gasteiger partial charge in [0.2, 0.25) is 15.0 Å². The van der Waals surface area contributed by atoms with E-state index in [2.05, 4.69) is 31.2 Å². The summed E-state index contributed by atoms with van der Waals surface area (Å²) in [5, 5.41) is 2.20. The highest BCUT2D eigenvalue weighted by Gasteiger charge is 2.23. The van der Waals surface area contributed by atoms with Crippen molar-refractivity contribution in [2.75, 3.05) is 11.6 Å². The summed E-state index contributed by atoms with van der Waals surface area (Å²) in [6.07, 6.45) is 3.95. The van der Waals surface area contributed by atoms with Crippen molar-refractivity contribution in [3.63, 3.8) is 0 Å². The van der Waals surface area contributed by atoms with Crippen molar-refractivity contribution in [1.82, 2.24) is 14.4 Å². The van der Waals surface area contributed by atoms with Crippen molar-refractivity contribution < 1.29 is 13.2 Å². The number of hydrogen-bond donors (Lipinski definition) is 2. The van der Waals surface area contributed by atoms with Crippen molar-refractivity contribution in [2.24, 2.45) is 0 Å². The van der Waals surface area contributed by atoms with E-state index in [1.54, 1.807) is 18.2 Å². The molecule has 0 saturated heterocycles. The van der Waals surface area contributed by atoms with Crippen LogP contribution in [0.1, 0.15) is 10.5 Å². The van der Waals surface area contributed by atoms with Gasteiger partial charge in [0.25, 0.3) is 11.5 Å². The van der Waals surface area contributed by atoms with Gasteiger partial charge in [0.15, 0.2) is 5.69 Å². The Hall–Kier alpha value is -2.46. The van der Waals surface area contributed by atoms with Gasteiger partial charge in [-0.25, -0.2) is 13.4 Å². The maximum atomic E-state index is 12.5. The fourth-order valence-electron chi connectivity index (χ4n) is 2.17. The van der Waals surface area contributed by atoms with Crippen molar-refractivity contribution in [3.8, 4) is 0 Å². The summed E-state index contributed by atoms with van der Waals surface area (Å²) in [4.78, 5) is 30.6. The summed E-state index contributed by atoms with van der Waals surface area (Å²) in [6, 6.07) is 6.30. The number of hydrogen-bond acceptors (Lipinski definition) is 5. The summed E-state index contributed by atoms with van der Waals surface area (Å²) in [5.41, 5.74) is -0.233. The predicted octanol–water partition coefficient (Wildman–Crippen LogP) is 1.44. The minimum absolute atomic E-state index is 0.0207. The number of aromatic nitrogens is 3. The number of carbonyl (C=O) groups excluding carboxylic acids is 1. The van der Waals surface area contributed by atoms with Crippen LogP contribution in [0.4, 0.5) is 5.69 Å². The summed E-state index contributed by atoms with van der Waals surface area (Å²) in [7, 11) is -3.63. The molecule has 0 atom stereocenters. The Balaban J connectivity index is 2.11. The van der Waals surface area contributed by atoms with Gasteiger partial charge >= 0.3 is 0 Å². The molecule has 124 valence electrons. The molecule has 0 aromatic carbocycles. The summed E-state index contributed by atoms with van der Waals surface area (Å²) in [5.74, 6) is -0.683. The monoisotopic (exact) mass is 410 g/mol. The minimum Gasteiger partial charge on any atom is -0.326 e. The van der Waals surface area contributed by atoms with Gasteiger partial charge in [0.1, 0.15) is 5.69 Å². The highest BCUT2D eigenvalue weighted by atomic mass is 79.9. The van der Waals surface area contributed by atoms with Crippen LogP contribution in [0.25, 0.3) is 5.52 Å². The number of H-pyrrole nitrogens is 1. The molecule has 0 aliphatic carbocycles. The number of carbonyl (C=O) groups is 1. The van der Waals surface area contributed by atoms with E-state index in [1.807, 2.05) is 0 Å². The zero-order valence-corrected chi connectivity index (χ0v) is 14.7. The molecule has 0 fully saturated rings. The molecule has 0 saturated carbocycles. The van der Waals surface area contributed by atoms with Crippen LogP contribution in [-0.4, -0.2) is 34.9 Å². The number of sulfone groups is 1. The number of aromatic amines is 1. The summed E-state index contributed by atoms with van der Waals surface area (Å²) >= 11 is 3.19. The van der Waals surface area contributed by atoms with E-state index in [-0.39, 0.29) is 16.5 Å². The molecule has 1 amide bonds. The molecule has 3 rings (SSSR count). The van der Waals surface area contributed by atoms with Crippen LogP contribution >= 0.6 is 15.9 Å². The lowest BCUT2D eigenvalue weighted by Crippen LogP contribution is -2.20. The van der Waals surface area contributed by atoms with Gasteiger partial charge in [0.05, 0.1) is 5.52 Å². The highest BCUT2D eigenvalue weighted by Crippen LogP contribution is 2.18. The normalized spacial score (nSPS) is 11.6. The van der Waals surface area contributed by atoms with Crippen molar-refractivity contribution >= 4 is 42.9 Å². The lowest BCUT2D eigenvalue weighted by atomic mass is 10.3. The first kappa shape index (κ1) is 16.4. The van der Waals surface area contributed by atoms with E-state index in [1.165, 1.54) is 22.9 Å². The molecule has 0 aliphatic rings. The molecule has 0 aliphatic heterocycles. The molecular weight excluding hydrogens is 400 g/mol. The number of nitrogens with zero attached hydrogens (tertiary/aromatic N) is 2. The first-order valence-electron chi connectivity index (χ1n) is 6.64. The molecule has 2 N–H and O–H groups in total. The first-order valence-corrected chi connectivity index (χ1v) is 9.32. The Morgan fingerprint density at radius 1 is 1.38 bits per heavy atom. The molecule has 0 spiro atoms. The Morgan fingerprint density at radius 3 is 2.83 bits per heavy atom. The van der Waals surface area contributed by atoms with E-state index in [0.717, 1.165) is 6.26 Å². The van der Waals surface area contributed by atoms with Crippen LogP contribution in [0.2, 0.25) is 0 Å². The fourth-order valence-corrected chi connectivity index (χ4v) is 3.29. The maximum Gasteiger partial charge on any atom is 0.276 e. The molecule has 3 heterocycles. The quantitative estimate of drug-likeness (QED) is 0.677. The van der Waals surface area contributed by atoms with Gasteiger partial charge < -0.3 is 10.3 Å². The van der Waals surface area contributed by atoms with E-state index < -0.39 is 21.3 Å². The number of anilines is 1. The third kappa shape index (κ3) is 2.97. The Morgan fingerprint density at radius 2 is 2.12 bits per heavy atom. The van der Waals surface area contributed by atoms with E-state index >= 15 is 0 Å². The standard InChI is InChI=1S/C14H11BrN4O4S/c1-24(22,23)14-18-11(10-4-2-3-5-19(10)14)13(21)17-9-6-8(15)7-16-12(9)20/h2-7H,1H3,(H,16,20)(H,17,21). The lowest BCUT2D eigenvalue weighted by Gasteiger charge is -2.03. The topological polar surface area (TPSA) is 113 Å². The number of nitrogens with one attached hydrogen (secondary N) is 2. The van der Waals surface area contributed by atoms with Crippen LogP contribution in [0.15, 0.2) is 51.1 Å². The number of imidazole rings is 1. The zero-order chi connectivity index (χ0) is 17.5. The van der Waals surface area contributed by atoms with Gasteiger partial charge in [-0.1, -0.05) is 6.07 Å². The average Bonchev–Trinajstić information content (AvgIpc) is 2.91. The van der Waals surface area contributed by atoms with Crippen molar-refractivity contribution in [3.05, 3.63) is 57.2 Å². The number of fused-ring (bicyclic) bond motifs is 1. The molecule has 3 aromatic rings. The Bertz CT molecular complexity index is 1120. The van der Waals surface area contributed by atoms with Gasteiger partial charge in [0, 0.05) is 23.1 Å². The second-order valence-electron chi connectivity index (χ2n) is 4.99. The maximum absolute atomic E-state index is 12.5. The van der Waals surface area contributed by atoms with Gasteiger partial charge in [-0.2, -0.15) is 0 Å². The number of rotatable bonds is 3. The second kappa shape index (κ2) is 5.87. The van der Waals surface area contributed by atoms with E-state index in [9.17, 15) is 18.0 Å². The summed E-state index contributed by atoms with van der Waals surface area (Å²) < 4.78 is 25.6. The van der Waals surface area contributed by atoms with E-state index in [0.29, 0.717) is 9.99 Å². The zero-order valence-electron chi connectivity index (χ0n) is 12.3. The number of halogens is 1. The average molecular weight is 411 g/mol. The van der Waals surface area contributed by atoms with Gasteiger partial charge in [-0.3, -0.25) is 14.0 Å². The minimum atomic E-state index is -3.63. The Labute approximate surface area is 144 Å². The van der Waals surface area contributed by atoms with Crippen molar-refractivity contribution in [1.29, 1.82) is 0 Å². The third-order valence-electron chi connectivity index (χ3n) is 3.18. The Kier molecular flexibility index (Phi) is 4.01. The fraction of sp³-hybridized carbons (Fsp3) is 0.0714. The smallest absolute Gasteiger partial charge is 0.276 e. The molecule has 24 heavy (non-hydrogen) atoms.